The summed E-state index contributed by atoms with van der Waals surface area (Å²) in [4.78, 5) is 102. The Morgan fingerprint density at radius 3 is 2.23 bits per heavy atom. The van der Waals surface area contributed by atoms with Crippen LogP contribution in [0.3, 0.4) is 0 Å². The zero-order valence-corrected chi connectivity index (χ0v) is 45.0. The van der Waals surface area contributed by atoms with Gasteiger partial charge < -0.3 is 41.7 Å². The molecule has 1 aromatic heterocycles. The number of aliphatic carboxylic acids is 1. The van der Waals surface area contributed by atoms with Gasteiger partial charge in [-0.1, -0.05) is 80.2 Å². The quantitative estimate of drug-likeness (QED) is 0.0274. The van der Waals surface area contributed by atoms with Crippen molar-refractivity contribution in [1.29, 1.82) is 0 Å². The molecule has 0 radical (unpaired) electrons. The molecule has 8 atom stereocenters. The molecule has 1 aliphatic rings. The van der Waals surface area contributed by atoms with Gasteiger partial charge in [0.05, 0.1) is 23.3 Å². The molecule has 2 aromatic rings. The van der Waals surface area contributed by atoms with Gasteiger partial charge in [0.25, 0.3) is 0 Å². The summed E-state index contributed by atoms with van der Waals surface area (Å²) >= 11 is 1.15. The number of ether oxygens (including phenoxy) is 1. The molecule has 0 aliphatic carbocycles. The predicted molar refractivity (Wildman–Crippen MR) is 274 cm³/mol. The normalized spacial score (nSPS) is 17.3. The van der Waals surface area contributed by atoms with Gasteiger partial charge in [-0.25, -0.2) is 9.37 Å². The molecule has 1 fully saturated rings. The highest BCUT2D eigenvalue weighted by Crippen LogP contribution is 2.35. The third-order valence-corrected chi connectivity index (χ3v) is 14.5. The number of nitrogens with two attached hydrogens (primary N) is 1. The van der Waals surface area contributed by atoms with Crippen LogP contribution >= 0.6 is 11.3 Å². The van der Waals surface area contributed by atoms with E-state index in [1.54, 1.807) is 19.2 Å². The molecule has 398 valence electrons. The van der Waals surface area contributed by atoms with Crippen LogP contribution in [0.5, 0.6) is 0 Å². The van der Waals surface area contributed by atoms with Crippen molar-refractivity contribution in [2.24, 2.45) is 40.7 Å². The monoisotopic (exact) mass is 1010 g/mol. The summed E-state index contributed by atoms with van der Waals surface area (Å²) in [5.41, 5.74) is 4.71. The minimum Gasteiger partial charge on any atom is -0.481 e. The Hall–Kier alpha value is -5.01. The molecule has 71 heavy (non-hydrogen) atoms. The highest BCUT2D eigenvalue weighted by molar-refractivity contribution is 7.10. The molecule has 7 N–H and O–H groups in total. The van der Waals surface area contributed by atoms with Gasteiger partial charge in [-0.3, -0.25) is 38.5 Å². The van der Waals surface area contributed by atoms with Crippen LogP contribution in [0, 0.1) is 40.8 Å². The summed E-state index contributed by atoms with van der Waals surface area (Å²) in [5, 5.41) is 23.0. The van der Waals surface area contributed by atoms with Crippen molar-refractivity contribution in [3.8, 4) is 0 Å². The predicted octanol–water partition coefficient (Wildman–Crippen LogP) is 7.66. The van der Waals surface area contributed by atoms with Crippen molar-refractivity contribution in [1.82, 2.24) is 25.4 Å². The summed E-state index contributed by atoms with van der Waals surface area (Å²) in [6, 6.07) is 1.67. The summed E-state index contributed by atoms with van der Waals surface area (Å²) < 4.78 is 21.5. The molecular weight excluding hydrogens is 932 g/mol. The second-order valence-electron chi connectivity index (χ2n) is 20.8. The maximum Gasteiger partial charge on any atom is 0.309 e. The number of carbonyl (C=O) groups excluding carboxylic acids is 6. The highest BCUT2D eigenvalue weighted by Gasteiger charge is 2.41. The minimum absolute atomic E-state index is 0.0779. The van der Waals surface area contributed by atoms with E-state index >= 15 is 4.39 Å². The van der Waals surface area contributed by atoms with Crippen LogP contribution in [-0.4, -0.2) is 106 Å². The maximum atomic E-state index is 15.6. The molecule has 0 unspecified atom stereocenters. The number of piperidine rings is 1. The van der Waals surface area contributed by atoms with E-state index in [0.717, 1.165) is 68.9 Å². The first-order chi connectivity index (χ1) is 33.3. The smallest absolute Gasteiger partial charge is 0.309 e. The van der Waals surface area contributed by atoms with E-state index in [1.807, 2.05) is 39.6 Å². The van der Waals surface area contributed by atoms with Gasteiger partial charge in [-0.15, -0.1) is 11.3 Å². The number of carboxylic acids is 1. The fourth-order valence-electron chi connectivity index (χ4n) is 8.74. The molecule has 17 nitrogen and oxygen atoms in total. The average molecular weight is 1020 g/mol. The third kappa shape index (κ3) is 18.2. The number of rotatable bonds is 28. The summed E-state index contributed by atoms with van der Waals surface area (Å²) in [5.74, 6) is -7.22. The number of nitrogens with zero attached hydrogens (tertiary/aromatic N) is 3. The highest BCUT2D eigenvalue weighted by atomic mass is 32.1. The van der Waals surface area contributed by atoms with Gasteiger partial charge in [0, 0.05) is 37.2 Å². The number of likely N-dealkylation sites (tertiary alicyclic amines) is 1. The van der Waals surface area contributed by atoms with Gasteiger partial charge in [0.15, 0.2) is 6.10 Å². The van der Waals surface area contributed by atoms with Crippen LogP contribution in [0.1, 0.15) is 157 Å². The number of hydrogen-bond acceptors (Lipinski definition) is 12. The first-order valence-corrected chi connectivity index (χ1v) is 26.3. The van der Waals surface area contributed by atoms with Gasteiger partial charge in [-0.2, -0.15) is 0 Å². The number of nitrogens with one attached hydrogen (secondary N) is 4. The lowest BCUT2D eigenvalue weighted by atomic mass is 9.80. The lowest BCUT2D eigenvalue weighted by molar-refractivity contribution is -0.151. The zero-order valence-electron chi connectivity index (χ0n) is 44.2. The van der Waals surface area contributed by atoms with E-state index in [9.17, 15) is 38.7 Å². The topological polar surface area (TPSA) is 242 Å². The molecule has 2 heterocycles. The molecule has 0 spiro atoms. The summed E-state index contributed by atoms with van der Waals surface area (Å²) in [7, 11) is 1.98. The van der Waals surface area contributed by atoms with Gasteiger partial charge in [-0.05, 0) is 108 Å². The number of unbranched alkanes of at least 4 members (excludes halogenated alkanes) is 3. The fourth-order valence-corrected chi connectivity index (χ4v) is 9.53. The van der Waals surface area contributed by atoms with Crippen LogP contribution in [0.2, 0.25) is 0 Å². The maximum absolute atomic E-state index is 15.6. The van der Waals surface area contributed by atoms with Crippen LogP contribution in [0.4, 0.5) is 15.9 Å². The first-order valence-electron chi connectivity index (χ1n) is 25.4. The fraction of sp³-hybridized carbons (Fsp3) is 0.692. The lowest BCUT2D eigenvalue weighted by Gasteiger charge is -2.40. The molecule has 1 aromatic carbocycles. The Morgan fingerprint density at radius 1 is 0.958 bits per heavy atom. The number of aromatic nitrogens is 1. The molecule has 19 heteroatoms. The van der Waals surface area contributed by atoms with E-state index < -0.39 is 77.0 Å². The number of esters is 1. The molecule has 1 saturated heterocycles. The number of hydrogen-bond donors (Lipinski definition) is 6. The third-order valence-electron chi connectivity index (χ3n) is 13.6. The van der Waals surface area contributed by atoms with Crippen molar-refractivity contribution in [2.45, 2.75) is 177 Å². The van der Waals surface area contributed by atoms with E-state index in [0.29, 0.717) is 23.5 Å². The van der Waals surface area contributed by atoms with Crippen LogP contribution in [0.25, 0.3) is 0 Å². The number of carbonyl (C=O) groups is 7. The molecular formula is C52H83FN8O9S. The molecule has 0 saturated carbocycles. The Balaban J connectivity index is 1.92. The molecule has 5 amide bonds. The second kappa shape index (κ2) is 28.3. The van der Waals surface area contributed by atoms with Crippen LogP contribution < -0.4 is 27.0 Å². The van der Waals surface area contributed by atoms with Gasteiger partial charge in [0.1, 0.15) is 28.6 Å². The van der Waals surface area contributed by atoms with Crippen molar-refractivity contribution >= 4 is 64.3 Å². The largest absolute Gasteiger partial charge is 0.481 e. The molecule has 3 rings (SSSR count). The van der Waals surface area contributed by atoms with Gasteiger partial charge in [0.2, 0.25) is 29.5 Å². The number of amides is 5. The van der Waals surface area contributed by atoms with Crippen molar-refractivity contribution < 1.29 is 47.8 Å². The zero-order chi connectivity index (χ0) is 53.3. The first kappa shape index (κ1) is 60.3. The summed E-state index contributed by atoms with van der Waals surface area (Å²) in [6.45, 7) is 20.5. The van der Waals surface area contributed by atoms with Crippen LogP contribution in [0.15, 0.2) is 23.6 Å². The Labute approximate surface area is 424 Å². The van der Waals surface area contributed by atoms with E-state index in [-0.39, 0.29) is 66.5 Å². The average Bonchev–Trinajstić information content (AvgIpc) is 3.76. The Morgan fingerprint density at radius 2 is 1.65 bits per heavy atom. The second-order valence-corrected chi connectivity index (χ2v) is 21.6. The van der Waals surface area contributed by atoms with E-state index in [2.05, 4.69) is 33.1 Å². The van der Waals surface area contributed by atoms with Gasteiger partial charge >= 0.3 is 11.9 Å². The number of halogens is 1. The lowest BCUT2D eigenvalue weighted by Crippen LogP contribution is -2.56. The number of thiazole rings is 1. The SMILES string of the molecule is CCCCCCN(C(=O)[C@H](C(=O)N[C@H]1CCCCN1C)[C@@H](C)CC)[C@H](C[C@@H](OC(C)=O)c1nc(NC(=O)[C@@H](Cc2ccc(NC(=O)[C@H](C)NC(=O)[C@@H](N)C(C)C)c(F)c2)CC(C)(C)C(=O)O)cs1)C(C)C. The van der Waals surface area contributed by atoms with E-state index in [1.165, 1.54) is 39.8 Å². The standard InChI is InChI=1S/C52H83FN8O9S/c1-13-15-16-18-24-61(50(67)43(32(7)14-2)47(65)59-42-20-17-19-23-60(42)12)39(30(3)4)27-40(70-34(9)62)49-58-41(29-71-49)57-46(64)36(28-52(10,11)51(68)69)25-35-21-22-38(37(53)26-35)56-45(63)33(8)55-48(66)44(54)31(5)6/h21-22,26,29-33,36,39-40,42-44H,13-20,23-25,27-28,54H2,1-12H3,(H,55,66)(H,56,63)(H,57,64)(H,59,65)(H,68,69)/t32-,33-,36-,39+,40+,42+,43-,44-/m0/s1. The van der Waals surface area contributed by atoms with Crippen molar-refractivity contribution in [3.05, 3.63) is 40.0 Å². The van der Waals surface area contributed by atoms with Crippen molar-refractivity contribution in [3.63, 3.8) is 0 Å². The minimum atomic E-state index is -1.37. The van der Waals surface area contributed by atoms with Crippen molar-refractivity contribution in [2.75, 3.05) is 30.8 Å². The number of benzene rings is 1. The summed E-state index contributed by atoms with van der Waals surface area (Å²) in [6.07, 6.45) is 5.88. The molecule has 1 aliphatic heterocycles. The Bertz CT molecular complexity index is 2120. The van der Waals surface area contributed by atoms with Crippen LogP contribution in [-0.2, 0) is 44.7 Å². The number of carboxylic acid groups (broad SMARTS) is 1. The Kier molecular flexibility index (Phi) is 24.0. The number of anilines is 2. The van der Waals surface area contributed by atoms with E-state index in [4.69, 9.17) is 15.5 Å². The molecule has 0 bridgehead atoms.